The van der Waals surface area contributed by atoms with Crippen molar-refractivity contribution in [1.82, 2.24) is 37.2 Å². The Labute approximate surface area is 384 Å². The minimum atomic E-state index is -1.87. The molecule has 0 spiro atoms. The number of primary amides is 1. The number of hydrogen-bond donors (Lipinski definition) is 16. The molecule has 16 N–H and O–H groups in total. The summed E-state index contributed by atoms with van der Waals surface area (Å²) in [6.45, 7) is 3.04. The number of nitrogens with one attached hydrogen (secondary N) is 7. The lowest BCUT2D eigenvalue weighted by atomic mass is 10.0. The minimum absolute atomic E-state index is 0.00335. The normalized spacial score (nSPS) is 15.2. The van der Waals surface area contributed by atoms with Crippen LogP contribution in [0.25, 0.3) is 0 Å². The number of aliphatic hydroxyl groups is 2. The first kappa shape index (κ1) is 55.0. The predicted octanol–water partition coefficient (Wildman–Crippen LogP) is -4.55. The summed E-state index contributed by atoms with van der Waals surface area (Å²) in [5, 5.41) is 65.3. The third-order valence-corrected chi connectivity index (χ3v) is 10.2. The Morgan fingerprint density at radius 2 is 0.938 bits per heavy atom. The summed E-state index contributed by atoms with van der Waals surface area (Å²) in [5.41, 5.74) is 12.4. The van der Waals surface area contributed by atoms with Crippen LogP contribution in [0.4, 0.5) is 0 Å². The molecule has 0 saturated heterocycles. The zero-order chi connectivity index (χ0) is 49.1. The summed E-state index contributed by atoms with van der Waals surface area (Å²) in [6.07, 6.45) is -2.63. The second-order valence-corrected chi connectivity index (χ2v) is 15.9. The molecule has 0 heterocycles. The lowest BCUT2D eigenvalue weighted by molar-refractivity contribution is -0.142. The van der Waals surface area contributed by atoms with Crippen LogP contribution in [-0.4, -0.2) is 151 Å². The van der Waals surface area contributed by atoms with Gasteiger partial charge in [0.2, 0.25) is 47.3 Å². The van der Waals surface area contributed by atoms with E-state index < -0.39 is 127 Å². The van der Waals surface area contributed by atoms with E-state index in [-0.39, 0.29) is 35.8 Å². The maximum absolute atomic E-state index is 13.5. The number of carbonyl (C=O) groups is 9. The van der Waals surface area contributed by atoms with E-state index in [1.165, 1.54) is 50.2 Å². The standard InChI is InChI=1S/C40H57N9O14S2/c1-18(2)31(38(60)47-29(17-65)37(59)44-26(40(62)63)13-21-6-10-23(53)11-7-21)48-39(61)32(19(3)51)49-35(57)27(15-50)45-34(56)25(14-30(42)54)43-36(58)28(16-64)46-33(55)24(41)12-20-4-8-22(52)9-5-20/h4-11,18-19,24-29,31-32,50-53,64-65H,12-17,41H2,1-3H3,(H2,42,54)(H,43,58)(H,44,59)(H,45,56)(H,46,55)(H,47,60)(H,48,61)(H,49,57)(H,62,63)/t19-,24+,25+,26+,27+,28+,29+,31+,32+/m1/s1. The summed E-state index contributed by atoms with van der Waals surface area (Å²) in [5.74, 6) is -11.1. The van der Waals surface area contributed by atoms with Gasteiger partial charge in [0.05, 0.1) is 25.2 Å². The van der Waals surface area contributed by atoms with Crippen molar-refractivity contribution in [2.45, 2.75) is 94.5 Å². The monoisotopic (exact) mass is 951 g/mol. The molecule has 0 aliphatic carbocycles. The summed E-state index contributed by atoms with van der Waals surface area (Å²) >= 11 is 8.18. The lowest BCUT2D eigenvalue weighted by Gasteiger charge is -2.29. The van der Waals surface area contributed by atoms with Crippen molar-refractivity contribution >= 4 is 78.5 Å². The van der Waals surface area contributed by atoms with Crippen molar-refractivity contribution in [3.8, 4) is 11.5 Å². The molecule has 2 aromatic carbocycles. The van der Waals surface area contributed by atoms with Gasteiger partial charge in [-0.1, -0.05) is 38.1 Å². The number of carboxylic acids is 1. The van der Waals surface area contributed by atoms with Gasteiger partial charge in [-0.05, 0) is 54.7 Å². The van der Waals surface area contributed by atoms with Crippen LogP contribution >= 0.6 is 25.3 Å². The van der Waals surface area contributed by atoms with Crippen molar-refractivity contribution in [3.05, 3.63) is 59.7 Å². The second-order valence-electron chi connectivity index (χ2n) is 15.2. The molecular formula is C40H57N9O14S2. The Morgan fingerprint density at radius 3 is 1.37 bits per heavy atom. The van der Waals surface area contributed by atoms with E-state index in [2.05, 4.69) is 62.5 Å². The topological polar surface area (TPSA) is 391 Å². The highest BCUT2D eigenvalue weighted by Crippen LogP contribution is 2.13. The largest absolute Gasteiger partial charge is 0.508 e. The number of phenols is 2. The molecule has 0 aromatic heterocycles. The summed E-state index contributed by atoms with van der Waals surface area (Å²) in [7, 11) is 0. The molecule has 0 unspecified atom stereocenters. The highest BCUT2D eigenvalue weighted by Gasteiger charge is 2.36. The fourth-order valence-corrected chi connectivity index (χ4v) is 6.35. The molecule has 2 aromatic rings. The molecule has 0 radical (unpaired) electrons. The van der Waals surface area contributed by atoms with Crippen LogP contribution < -0.4 is 48.7 Å². The number of aromatic hydroxyl groups is 2. The zero-order valence-electron chi connectivity index (χ0n) is 35.6. The molecule has 2 rings (SSSR count). The van der Waals surface area contributed by atoms with E-state index in [9.17, 15) is 68.7 Å². The Balaban J connectivity index is 2.13. The number of aliphatic carboxylic acids is 1. The Bertz CT molecular complexity index is 1990. The third kappa shape index (κ3) is 18.1. The van der Waals surface area contributed by atoms with Gasteiger partial charge in [0.15, 0.2) is 0 Å². The predicted molar refractivity (Wildman–Crippen MR) is 238 cm³/mol. The molecule has 0 aliphatic heterocycles. The molecule has 0 saturated carbocycles. The number of nitrogens with two attached hydrogens (primary N) is 2. The first-order valence-corrected chi connectivity index (χ1v) is 21.2. The SMILES string of the molecule is CC(C)[C@H](NC(=O)[C@@H](NC(=O)[C@H](CO)NC(=O)[C@H](CC(N)=O)NC(=O)[C@H](CS)NC(=O)[C@@H](N)Cc1ccc(O)cc1)[C@@H](C)O)C(=O)N[C@@H](CS)C(=O)N[C@@H](Cc1ccc(O)cc1)C(=O)O. The van der Waals surface area contributed by atoms with Gasteiger partial charge in [0, 0.05) is 17.9 Å². The number of phenolic OH excluding ortho intramolecular Hbond substituents is 2. The first-order valence-electron chi connectivity index (χ1n) is 20.0. The highest BCUT2D eigenvalue weighted by molar-refractivity contribution is 7.80. The van der Waals surface area contributed by atoms with E-state index in [1.54, 1.807) is 12.1 Å². The van der Waals surface area contributed by atoms with Crippen molar-refractivity contribution in [2.24, 2.45) is 17.4 Å². The Morgan fingerprint density at radius 1 is 0.554 bits per heavy atom. The van der Waals surface area contributed by atoms with Gasteiger partial charge in [-0.15, -0.1) is 0 Å². The average Bonchev–Trinajstić information content (AvgIpc) is 3.24. The van der Waals surface area contributed by atoms with Gasteiger partial charge < -0.3 is 74.2 Å². The molecule has 8 amide bonds. The van der Waals surface area contributed by atoms with Crippen molar-refractivity contribution in [3.63, 3.8) is 0 Å². The molecule has 65 heavy (non-hydrogen) atoms. The fourth-order valence-electron chi connectivity index (χ4n) is 5.83. The van der Waals surface area contributed by atoms with Gasteiger partial charge in [-0.3, -0.25) is 38.4 Å². The average molecular weight is 952 g/mol. The van der Waals surface area contributed by atoms with E-state index in [1.807, 2.05) is 0 Å². The maximum atomic E-state index is 13.5. The van der Waals surface area contributed by atoms with Crippen LogP contribution in [0.3, 0.4) is 0 Å². The molecule has 9 atom stereocenters. The first-order chi connectivity index (χ1) is 30.5. The van der Waals surface area contributed by atoms with Crippen LogP contribution in [0, 0.1) is 5.92 Å². The van der Waals surface area contributed by atoms with Gasteiger partial charge >= 0.3 is 5.97 Å². The van der Waals surface area contributed by atoms with Gasteiger partial charge in [-0.2, -0.15) is 25.3 Å². The molecule has 23 nitrogen and oxygen atoms in total. The number of thiol groups is 2. The summed E-state index contributed by atoms with van der Waals surface area (Å²) in [4.78, 5) is 117. The minimum Gasteiger partial charge on any atom is -0.508 e. The van der Waals surface area contributed by atoms with Crippen LogP contribution in [0.2, 0.25) is 0 Å². The molecule has 25 heteroatoms. The van der Waals surface area contributed by atoms with Gasteiger partial charge in [0.25, 0.3) is 0 Å². The second kappa shape index (κ2) is 26.6. The van der Waals surface area contributed by atoms with Crippen LogP contribution in [0.5, 0.6) is 11.5 Å². The van der Waals surface area contributed by atoms with Crippen molar-refractivity contribution in [2.75, 3.05) is 18.1 Å². The van der Waals surface area contributed by atoms with Crippen LogP contribution in [0.1, 0.15) is 38.3 Å². The quantitative estimate of drug-likeness (QED) is 0.0395. The smallest absolute Gasteiger partial charge is 0.326 e. The highest BCUT2D eigenvalue weighted by atomic mass is 32.1. The number of aliphatic hydroxyl groups excluding tert-OH is 2. The lowest BCUT2D eigenvalue weighted by Crippen LogP contribution is -2.63. The van der Waals surface area contributed by atoms with E-state index >= 15 is 0 Å². The summed E-state index contributed by atoms with van der Waals surface area (Å²) in [6, 6.07) is -0.817. The van der Waals surface area contributed by atoms with E-state index in [4.69, 9.17) is 11.5 Å². The number of rotatable bonds is 26. The Hall–Kier alpha value is -6.15. The fraction of sp³-hybridized carbons (Fsp3) is 0.475. The number of carboxylic acid groups (broad SMARTS) is 1. The molecule has 0 bridgehead atoms. The third-order valence-electron chi connectivity index (χ3n) is 9.51. The van der Waals surface area contributed by atoms with Gasteiger partial charge in [0.1, 0.15) is 53.8 Å². The number of benzene rings is 2. The maximum Gasteiger partial charge on any atom is 0.326 e. The van der Waals surface area contributed by atoms with Crippen molar-refractivity contribution < 1.29 is 68.7 Å². The van der Waals surface area contributed by atoms with Crippen LogP contribution in [-0.2, 0) is 56.0 Å². The molecule has 358 valence electrons. The van der Waals surface area contributed by atoms with Crippen LogP contribution in [0.15, 0.2) is 48.5 Å². The van der Waals surface area contributed by atoms with Crippen molar-refractivity contribution in [1.29, 1.82) is 0 Å². The van der Waals surface area contributed by atoms with E-state index in [0.717, 1.165) is 6.92 Å². The Kier molecular flexibility index (Phi) is 22.5. The molecular weight excluding hydrogens is 895 g/mol. The summed E-state index contributed by atoms with van der Waals surface area (Å²) < 4.78 is 0. The van der Waals surface area contributed by atoms with Gasteiger partial charge in [-0.25, -0.2) is 4.79 Å². The zero-order valence-corrected chi connectivity index (χ0v) is 37.4. The molecule has 0 fully saturated rings. The number of amides is 8. The molecule has 0 aliphatic rings. The number of hydrogen-bond acceptors (Lipinski definition) is 16. The van der Waals surface area contributed by atoms with E-state index in [0.29, 0.717) is 11.1 Å². The number of carbonyl (C=O) groups excluding carboxylic acids is 8.